The maximum Gasteiger partial charge on any atom is 0.411 e. The fourth-order valence-corrected chi connectivity index (χ4v) is 2.97. The van der Waals surface area contributed by atoms with Gasteiger partial charge in [-0.2, -0.15) is 13.2 Å². The molecule has 1 atom stereocenters. The van der Waals surface area contributed by atoms with Crippen LogP contribution in [-0.4, -0.2) is 32.9 Å². The molecule has 31 heavy (non-hydrogen) atoms. The summed E-state index contributed by atoms with van der Waals surface area (Å²) in [5.41, 5.74) is 3.74. The number of benzene rings is 2. The number of ether oxygens (including phenoxy) is 2. The van der Waals surface area contributed by atoms with E-state index in [1.165, 1.54) is 0 Å². The zero-order valence-electron chi connectivity index (χ0n) is 18.0. The third-order valence-electron chi connectivity index (χ3n) is 4.41. The van der Waals surface area contributed by atoms with Gasteiger partial charge in [0, 0.05) is 19.2 Å². The third kappa shape index (κ3) is 9.34. The molecule has 2 aromatic rings. The largest absolute Gasteiger partial charge is 0.496 e. The molecule has 0 aliphatic heterocycles. The minimum Gasteiger partial charge on any atom is -0.496 e. The number of methoxy groups -OCH3 is 1. The molecule has 9 heteroatoms. The van der Waals surface area contributed by atoms with Crippen LogP contribution >= 0.6 is 24.0 Å². The van der Waals surface area contributed by atoms with Crippen LogP contribution in [0, 0.1) is 6.92 Å². The summed E-state index contributed by atoms with van der Waals surface area (Å²) in [5.74, 6) is 1.40. The fourth-order valence-electron chi connectivity index (χ4n) is 2.97. The van der Waals surface area contributed by atoms with E-state index in [0.717, 1.165) is 22.4 Å². The van der Waals surface area contributed by atoms with Gasteiger partial charge in [-0.3, -0.25) is 4.99 Å². The second-order valence-corrected chi connectivity index (χ2v) is 6.97. The van der Waals surface area contributed by atoms with Gasteiger partial charge < -0.3 is 20.1 Å². The first-order valence-electron chi connectivity index (χ1n) is 9.56. The fraction of sp³-hybridized carbons (Fsp3) is 0.409. The second kappa shape index (κ2) is 12.7. The number of hydrogen-bond acceptors (Lipinski definition) is 3. The molecule has 2 rings (SSSR count). The Morgan fingerprint density at radius 1 is 1.13 bits per heavy atom. The number of aliphatic imine (C=N–C) groups is 1. The van der Waals surface area contributed by atoms with Crippen molar-refractivity contribution in [3.05, 3.63) is 64.7 Å². The maximum atomic E-state index is 12.2. The Labute approximate surface area is 198 Å². The molecule has 0 fully saturated rings. The molecular formula is C22H29F3IN3O2. The van der Waals surface area contributed by atoms with Crippen molar-refractivity contribution in [3.63, 3.8) is 0 Å². The number of nitrogens with zero attached hydrogens (tertiary/aromatic N) is 1. The van der Waals surface area contributed by atoms with Gasteiger partial charge in [0.1, 0.15) is 12.4 Å². The summed E-state index contributed by atoms with van der Waals surface area (Å²) in [6.45, 7) is 3.15. The van der Waals surface area contributed by atoms with E-state index in [2.05, 4.69) is 21.7 Å². The minimum atomic E-state index is -4.33. The van der Waals surface area contributed by atoms with E-state index in [1.807, 2.05) is 38.1 Å². The molecule has 0 aliphatic carbocycles. The number of aryl methyl sites for hydroxylation is 1. The van der Waals surface area contributed by atoms with Gasteiger partial charge in [-0.25, -0.2) is 0 Å². The average Bonchev–Trinajstić information content (AvgIpc) is 2.70. The lowest BCUT2D eigenvalue weighted by atomic mass is 10.0. The Bertz CT molecular complexity index is 860. The van der Waals surface area contributed by atoms with Crippen LogP contribution in [-0.2, 0) is 17.9 Å². The Kier molecular flexibility index (Phi) is 11.1. The lowest BCUT2D eigenvalue weighted by molar-refractivity contribution is -0.176. The maximum absolute atomic E-state index is 12.2. The summed E-state index contributed by atoms with van der Waals surface area (Å²) in [4.78, 5) is 4.25. The summed E-state index contributed by atoms with van der Waals surface area (Å²) in [7, 11) is 3.32. The Morgan fingerprint density at radius 3 is 2.48 bits per heavy atom. The van der Waals surface area contributed by atoms with Gasteiger partial charge in [0.2, 0.25) is 0 Å². The van der Waals surface area contributed by atoms with E-state index in [0.29, 0.717) is 18.1 Å². The number of alkyl halides is 3. The van der Waals surface area contributed by atoms with Gasteiger partial charge in [-0.05, 0) is 31.0 Å². The first-order valence-corrected chi connectivity index (χ1v) is 9.56. The molecule has 0 aliphatic rings. The molecule has 0 radical (unpaired) electrons. The SMILES string of the molecule is CN=C(NCc1cccc(COCC(F)(F)F)c1)NC(C)c1cc(C)ccc1OC.I. The number of hydrogen-bond donors (Lipinski definition) is 2. The van der Waals surface area contributed by atoms with Crippen molar-refractivity contribution in [2.45, 2.75) is 39.2 Å². The van der Waals surface area contributed by atoms with Crippen molar-refractivity contribution in [2.24, 2.45) is 4.99 Å². The van der Waals surface area contributed by atoms with Gasteiger partial charge in [0.15, 0.2) is 5.96 Å². The van der Waals surface area contributed by atoms with Crippen LogP contribution in [0.4, 0.5) is 13.2 Å². The highest BCUT2D eigenvalue weighted by Crippen LogP contribution is 2.26. The topological polar surface area (TPSA) is 54.9 Å². The molecule has 0 amide bonds. The molecule has 0 heterocycles. The van der Waals surface area contributed by atoms with Crippen LogP contribution in [0.3, 0.4) is 0 Å². The van der Waals surface area contributed by atoms with Crippen LogP contribution < -0.4 is 15.4 Å². The summed E-state index contributed by atoms with van der Waals surface area (Å²) in [6.07, 6.45) is -4.33. The lowest BCUT2D eigenvalue weighted by Gasteiger charge is -2.21. The summed E-state index contributed by atoms with van der Waals surface area (Å²) < 4.78 is 46.8. The van der Waals surface area contributed by atoms with Gasteiger partial charge in [0.25, 0.3) is 0 Å². The smallest absolute Gasteiger partial charge is 0.411 e. The van der Waals surface area contributed by atoms with Gasteiger partial charge >= 0.3 is 6.18 Å². The van der Waals surface area contributed by atoms with E-state index in [9.17, 15) is 13.2 Å². The van der Waals surface area contributed by atoms with Crippen LogP contribution in [0.1, 0.15) is 35.2 Å². The Balaban J connectivity index is 0.00000480. The van der Waals surface area contributed by atoms with E-state index in [-0.39, 0.29) is 36.6 Å². The van der Waals surface area contributed by atoms with Crippen LogP contribution in [0.5, 0.6) is 5.75 Å². The van der Waals surface area contributed by atoms with Crippen molar-refractivity contribution in [1.29, 1.82) is 0 Å². The molecule has 0 bridgehead atoms. The molecule has 172 valence electrons. The normalized spacial score (nSPS) is 12.7. The zero-order chi connectivity index (χ0) is 22.1. The number of halogens is 4. The van der Waals surface area contributed by atoms with E-state index in [4.69, 9.17) is 9.47 Å². The van der Waals surface area contributed by atoms with Crippen LogP contribution in [0.15, 0.2) is 47.5 Å². The summed E-state index contributed by atoms with van der Waals surface area (Å²) >= 11 is 0. The molecule has 0 spiro atoms. The molecule has 2 N–H and O–H groups in total. The Hall–Kier alpha value is -2.01. The molecular weight excluding hydrogens is 522 g/mol. The minimum absolute atomic E-state index is 0. The zero-order valence-corrected chi connectivity index (χ0v) is 20.4. The number of rotatable bonds is 8. The average molecular weight is 551 g/mol. The molecule has 0 aromatic heterocycles. The van der Waals surface area contributed by atoms with Gasteiger partial charge in [-0.1, -0.05) is 42.0 Å². The summed E-state index contributed by atoms with van der Waals surface area (Å²) in [6, 6.07) is 13.2. The van der Waals surface area contributed by atoms with Crippen molar-refractivity contribution in [2.75, 3.05) is 20.8 Å². The van der Waals surface area contributed by atoms with Crippen molar-refractivity contribution >= 4 is 29.9 Å². The van der Waals surface area contributed by atoms with Crippen LogP contribution in [0.2, 0.25) is 0 Å². The first-order chi connectivity index (χ1) is 14.2. The second-order valence-electron chi connectivity index (χ2n) is 6.97. The highest BCUT2D eigenvalue weighted by atomic mass is 127. The van der Waals surface area contributed by atoms with E-state index in [1.54, 1.807) is 26.3 Å². The lowest BCUT2D eigenvalue weighted by Crippen LogP contribution is -2.38. The monoisotopic (exact) mass is 551 g/mol. The first kappa shape index (κ1) is 27.0. The molecule has 1 unspecified atom stereocenters. The Morgan fingerprint density at radius 2 is 1.84 bits per heavy atom. The highest BCUT2D eigenvalue weighted by molar-refractivity contribution is 14.0. The highest BCUT2D eigenvalue weighted by Gasteiger charge is 2.27. The molecule has 0 saturated carbocycles. The molecule has 0 saturated heterocycles. The third-order valence-corrected chi connectivity index (χ3v) is 4.41. The number of guanidine groups is 1. The van der Waals surface area contributed by atoms with Gasteiger partial charge in [-0.15, -0.1) is 24.0 Å². The van der Waals surface area contributed by atoms with Crippen molar-refractivity contribution in [1.82, 2.24) is 10.6 Å². The van der Waals surface area contributed by atoms with Gasteiger partial charge in [0.05, 0.1) is 19.8 Å². The van der Waals surface area contributed by atoms with Crippen LogP contribution in [0.25, 0.3) is 0 Å². The van der Waals surface area contributed by atoms with E-state index >= 15 is 0 Å². The predicted molar refractivity (Wildman–Crippen MR) is 127 cm³/mol. The molecule has 5 nitrogen and oxygen atoms in total. The quantitative estimate of drug-likeness (QED) is 0.272. The van der Waals surface area contributed by atoms with Crippen molar-refractivity contribution in [3.8, 4) is 5.75 Å². The summed E-state index contributed by atoms with van der Waals surface area (Å²) in [5, 5.41) is 6.55. The van der Waals surface area contributed by atoms with Crippen molar-refractivity contribution < 1.29 is 22.6 Å². The van der Waals surface area contributed by atoms with E-state index < -0.39 is 12.8 Å². The number of nitrogens with one attached hydrogen (secondary N) is 2. The predicted octanol–water partition coefficient (Wildman–Crippen LogP) is 5.13. The molecule has 2 aromatic carbocycles. The standard InChI is InChI=1S/C22H28F3N3O2.HI/c1-15-8-9-20(29-4)19(10-15)16(2)28-21(26-3)27-12-17-6-5-7-18(11-17)13-30-14-22(23,24)25;/h5-11,16H,12-14H2,1-4H3,(H2,26,27,28);1H.